The lowest BCUT2D eigenvalue weighted by Gasteiger charge is -2.28. The fourth-order valence-corrected chi connectivity index (χ4v) is 3.58. The van der Waals surface area contributed by atoms with E-state index in [1.807, 2.05) is 30.3 Å². The molecule has 0 bridgehead atoms. The van der Waals surface area contributed by atoms with Crippen LogP contribution in [0, 0.1) is 0 Å². The topological polar surface area (TPSA) is 91.8 Å². The van der Waals surface area contributed by atoms with Crippen molar-refractivity contribution in [3.05, 3.63) is 59.6 Å². The van der Waals surface area contributed by atoms with Crippen molar-refractivity contribution in [1.82, 2.24) is 4.98 Å². The van der Waals surface area contributed by atoms with Crippen molar-refractivity contribution in [2.45, 2.75) is 0 Å². The van der Waals surface area contributed by atoms with Gasteiger partial charge in [-0.1, -0.05) is 18.2 Å². The van der Waals surface area contributed by atoms with E-state index in [1.54, 1.807) is 24.4 Å². The molecule has 0 unspecified atom stereocenters. The van der Waals surface area contributed by atoms with Gasteiger partial charge in [-0.15, -0.1) is 11.3 Å². The third kappa shape index (κ3) is 3.47. The molecule has 1 aliphatic heterocycles. The van der Waals surface area contributed by atoms with Crippen LogP contribution in [-0.4, -0.2) is 35.2 Å². The van der Waals surface area contributed by atoms with E-state index < -0.39 is 5.97 Å². The number of aromatic carboxylic acids is 1. The molecule has 8 heteroatoms. The van der Waals surface area contributed by atoms with Gasteiger partial charge in [-0.25, -0.2) is 14.6 Å². The number of anilines is 2. The number of nitrogens with one attached hydrogen (secondary N) is 1. The molecular formula is C19H15N3O4S. The van der Waals surface area contributed by atoms with Gasteiger partial charge in [-0.3, -0.25) is 4.90 Å². The summed E-state index contributed by atoms with van der Waals surface area (Å²) in [6.07, 6.45) is 1.62. The molecule has 0 aliphatic carbocycles. The van der Waals surface area contributed by atoms with Crippen LogP contribution in [0.15, 0.2) is 54.7 Å². The summed E-state index contributed by atoms with van der Waals surface area (Å²) in [5.41, 5.74) is 1.45. The smallest absolute Gasteiger partial charge is 0.345 e. The highest BCUT2D eigenvalue weighted by molar-refractivity contribution is 7.17. The third-order valence-electron chi connectivity index (χ3n) is 4.03. The lowest BCUT2D eigenvalue weighted by Crippen LogP contribution is -2.41. The molecule has 2 amide bonds. The number of nitrogens with zero attached hydrogens (tertiary/aromatic N) is 2. The first-order valence-corrected chi connectivity index (χ1v) is 9.03. The number of aromatic nitrogens is 1. The Balaban J connectivity index is 1.59. The number of ether oxygens (including phenoxy) is 1. The molecular weight excluding hydrogens is 366 g/mol. The number of carbonyl (C=O) groups is 2. The fraction of sp³-hybridized carbons (Fsp3) is 0.105. The number of urea groups is 1. The minimum Gasteiger partial charge on any atom is -0.488 e. The molecule has 1 aliphatic rings. The molecule has 136 valence electrons. The van der Waals surface area contributed by atoms with Crippen LogP contribution in [0.2, 0.25) is 0 Å². The maximum Gasteiger partial charge on any atom is 0.345 e. The SMILES string of the molecule is O=C(O)c1ccc(-c2cnc3c(c2)OCCN3C(=O)Nc2ccccc2)s1. The molecule has 4 rings (SSSR count). The number of para-hydroxylation sites is 1. The number of carboxylic acid groups (broad SMARTS) is 1. The van der Waals surface area contributed by atoms with E-state index in [2.05, 4.69) is 10.3 Å². The Kier molecular flexibility index (Phi) is 4.47. The molecule has 0 fully saturated rings. The molecule has 1 aromatic carbocycles. The maximum atomic E-state index is 12.6. The van der Waals surface area contributed by atoms with Crippen molar-refractivity contribution in [3.63, 3.8) is 0 Å². The van der Waals surface area contributed by atoms with Crippen LogP contribution in [0.5, 0.6) is 5.75 Å². The normalized spacial score (nSPS) is 12.8. The molecule has 3 heterocycles. The number of hydrogen-bond donors (Lipinski definition) is 2. The second-order valence-electron chi connectivity index (χ2n) is 5.81. The van der Waals surface area contributed by atoms with Gasteiger partial charge in [0.05, 0.1) is 6.54 Å². The summed E-state index contributed by atoms with van der Waals surface area (Å²) in [5.74, 6) is -0.0298. The third-order valence-corrected chi connectivity index (χ3v) is 5.15. The number of hydrogen-bond acceptors (Lipinski definition) is 5. The Morgan fingerprint density at radius 2 is 2.00 bits per heavy atom. The first-order chi connectivity index (χ1) is 13.1. The van der Waals surface area contributed by atoms with E-state index in [1.165, 1.54) is 16.2 Å². The summed E-state index contributed by atoms with van der Waals surface area (Å²) < 4.78 is 5.67. The van der Waals surface area contributed by atoms with E-state index in [4.69, 9.17) is 9.84 Å². The molecule has 0 spiro atoms. The summed E-state index contributed by atoms with van der Waals surface area (Å²) in [6.45, 7) is 0.741. The predicted molar refractivity (Wildman–Crippen MR) is 103 cm³/mol. The number of thiophene rings is 1. The highest BCUT2D eigenvalue weighted by Crippen LogP contribution is 2.36. The fourth-order valence-electron chi connectivity index (χ4n) is 2.75. The summed E-state index contributed by atoms with van der Waals surface area (Å²) in [7, 11) is 0. The van der Waals surface area contributed by atoms with Crippen LogP contribution in [0.25, 0.3) is 10.4 Å². The Hall–Kier alpha value is -3.39. The molecule has 0 atom stereocenters. The van der Waals surface area contributed by atoms with Crippen molar-refractivity contribution in [2.24, 2.45) is 0 Å². The number of amides is 2. The molecule has 2 N–H and O–H groups in total. The first kappa shape index (κ1) is 17.0. The summed E-state index contributed by atoms with van der Waals surface area (Å²) in [4.78, 5) is 30.6. The van der Waals surface area contributed by atoms with Crippen LogP contribution in [0.3, 0.4) is 0 Å². The Morgan fingerprint density at radius 3 is 2.74 bits per heavy atom. The molecule has 0 radical (unpaired) electrons. The Morgan fingerprint density at radius 1 is 1.19 bits per heavy atom. The second kappa shape index (κ2) is 7.08. The number of rotatable bonds is 3. The molecule has 7 nitrogen and oxygen atoms in total. The van der Waals surface area contributed by atoms with Gasteiger partial charge < -0.3 is 15.2 Å². The van der Waals surface area contributed by atoms with Crippen molar-refractivity contribution in [1.29, 1.82) is 0 Å². The van der Waals surface area contributed by atoms with Crippen LogP contribution in [0.1, 0.15) is 9.67 Å². The van der Waals surface area contributed by atoms with Crippen LogP contribution in [-0.2, 0) is 0 Å². The maximum absolute atomic E-state index is 12.6. The van der Waals surface area contributed by atoms with Gasteiger partial charge in [0.2, 0.25) is 0 Å². The Labute approximate surface area is 158 Å². The van der Waals surface area contributed by atoms with Crippen LogP contribution in [0.4, 0.5) is 16.3 Å². The lowest BCUT2D eigenvalue weighted by molar-refractivity contribution is 0.0702. The average Bonchev–Trinajstić information content (AvgIpc) is 3.18. The first-order valence-electron chi connectivity index (χ1n) is 8.22. The Bertz CT molecular complexity index is 1000. The minimum atomic E-state index is -0.961. The molecule has 27 heavy (non-hydrogen) atoms. The van der Waals surface area contributed by atoms with Gasteiger partial charge in [0, 0.05) is 22.3 Å². The summed E-state index contributed by atoms with van der Waals surface area (Å²) >= 11 is 1.17. The van der Waals surface area contributed by atoms with E-state index in [0.29, 0.717) is 30.4 Å². The number of carboxylic acids is 1. The minimum absolute atomic E-state index is 0.257. The van der Waals surface area contributed by atoms with Gasteiger partial charge in [-0.05, 0) is 30.3 Å². The largest absolute Gasteiger partial charge is 0.488 e. The zero-order valence-electron chi connectivity index (χ0n) is 14.1. The number of pyridine rings is 1. The highest BCUT2D eigenvalue weighted by Gasteiger charge is 2.26. The molecule has 2 aromatic heterocycles. The highest BCUT2D eigenvalue weighted by atomic mass is 32.1. The standard InChI is InChI=1S/C19H15N3O4S/c23-18(24)16-7-6-15(27-16)12-10-14-17(20-11-12)22(8-9-26-14)19(25)21-13-4-2-1-3-5-13/h1-7,10-11H,8-9H2,(H,21,25)(H,23,24). The monoisotopic (exact) mass is 381 g/mol. The number of fused-ring (bicyclic) bond motifs is 1. The van der Waals surface area contributed by atoms with Crippen molar-refractivity contribution >= 4 is 34.8 Å². The van der Waals surface area contributed by atoms with Gasteiger partial charge in [-0.2, -0.15) is 0 Å². The molecule has 0 saturated heterocycles. The van der Waals surface area contributed by atoms with E-state index in [9.17, 15) is 9.59 Å². The second-order valence-corrected chi connectivity index (χ2v) is 6.89. The van der Waals surface area contributed by atoms with Crippen LogP contribution < -0.4 is 15.0 Å². The van der Waals surface area contributed by atoms with E-state index in [0.717, 1.165) is 10.4 Å². The predicted octanol–water partition coefficient (Wildman–Crippen LogP) is 3.94. The average molecular weight is 381 g/mol. The zero-order chi connectivity index (χ0) is 18.8. The number of carbonyl (C=O) groups excluding carboxylic acids is 1. The van der Waals surface area contributed by atoms with Gasteiger partial charge in [0.15, 0.2) is 11.6 Å². The van der Waals surface area contributed by atoms with Gasteiger partial charge in [0.25, 0.3) is 0 Å². The van der Waals surface area contributed by atoms with E-state index >= 15 is 0 Å². The van der Waals surface area contributed by atoms with Gasteiger partial charge >= 0.3 is 12.0 Å². The molecule has 0 saturated carbocycles. The van der Waals surface area contributed by atoms with Crippen LogP contribution >= 0.6 is 11.3 Å². The van der Waals surface area contributed by atoms with Gasteiger partial charge in [0.1, 0.15) is 11.5 Å². The van der Waals surface area contributed by atoms with Crippen molar-refractivity contribution in [3.8, 4) is 16.2 Å². The van der Waals surface area contributed by atoms with E-state index in [-0.39, 0.29) is 10.9 Å². The summed E-state index contributed by atoms with van der Waals surface area (Å²) in [6, 6.07) is 14.0. The molecule has 3 aromatic rings. The van der Waals surface area contributed by atoms with Crippen molar-refractivity contribution in [2.75, 3.05) is 23.4 Å². The number of benzene rings is 1. The summed E-state index contributed by atoms with van der Waals surface area (Å²) in [5, 5.41) is 11.9. The van der Waals surface area contributed by atoms with Crippen molar-refractivity contribution < 1.29 is 19.4 Å². The quantitative estimate of drug-likeness (QED) is 0.717. The zero-order valence-corrected chi connectivity index (χ0v) is 14.9. The lowest BCUT2D eigenvalue weighted by atomic mass is 10.2.